The summed E-state index contributed by atoms with van der Waals surface area (Å²) < 4.78 is 34.8. The van der Waals surface area contributed by atoms with Gasteiger partial charge in [0.05, 0.1) is 17.4 Å². The molecular weight excluding hydrogens is 570 g/mol. The number of sulfonamides is 1. The van der Waals surface area contributed by atoms with Crippen molar-refractivity contribution in [1.82, 2.24) is 4.72 Å². The summed E-state index contributed by atoms with van der Waals surface area (Å²) in [4.78, 5) is 27.5. The van der Waals surface area contributed by atoms with Crippen LogP contribution in [0.5, 0.6) is 5.75 Å². The highest BCUT2D eigenvalue weighted by molar-refractivity contribution is 7.90. The summed E-state index contributed by atoms with van der Waals surface area (Å²) in [5.74, 6) is 1.51. The highest BCUT2D eigenvalue weighted by Gasteiger charge is 2.69. The van der Waals surface area contributed by atoms with Gasteiger partial charge in [0.25, 0.3) is 10.0 Å². The molecule has 6 rings (SSSR count). The summed E-state index contributed by atoms with van der Waals surface area (Å²) in [6, 6.07) is 6.20. The standard InChI is InChI=1S/C37H53NO5S/c1-32(2)19-21-37(31(40)38-44(41,42)25-11-9-24(43-8)10-12-25)22-20-35(6)26(27(37)23-32)13-14-29-34(5)17-16-30(39)33(3,4)28(34)15-18-36(29,35)7/h9-13,27-29H,14-23H2,1-8H3,(H,38,40)/t27-,28-,29+,34-,35+,36+,37-/m0/s1. The van der Waals surface area contributed by atoms with Crippen molar-refractivity contribution in [1.29, 1.82) is 0 Å². The Kier molecular flexibility index (Phi) is 7.18. The molecule has 0 spiro atoms. The predicted octanol–water partition coefficient (Wildman–Crippen LogP) is 7.87. The summed E-state index contributed by atoms with van der Waals surface area (Å²) in [7, 11) is -2.49. The van der Waals surface area contributed by atoms with Gasteiger partial charge in [0.15, 0.2) is 0 Å². The fraction of sp³-hybridized carbons (Fsp3) is 0.730. The highest BCUT2D eigenvalue weighted by atomic mass is 32.2. The molecular formula is C37H53NO5S. The molecule has 0 aromatic heterocycles. The number of amides is 1. The summed E-state index contributed by atoms with van der Waals surface area (Å²) in [6.07, 6.45) is 11.3. The Morgan fingerprint density at radius 2 is 1.55 bits per heavy atom. The maximum absolute atomic E-state index is 14.4. The molecule has 6 nitrogen and oxygen atoms in total. The van der Waals surface area contributed by atoms with E-state index in [1.54, 1.807) is 12.1 Å². The molecule has 1 aromatic carbocycles. The van der Waals surface area contributed by atoms with E-state index >= 15 is 0 Å². The van der Waals surface area contributed by atoms with E-state index in [-0.39, 0.29) is 43.8 Å². The number of fused-ring (bicyclic) bond motifs is 7. The zero-order valence-corrected chi connectivity index (χ0v) is 29.0. The van der Waals surface area contributed by atoms with Crippen LogP contribution in [0.4, 0.5) is 0 Å². The van der Waals surface area contributed by atoms with Crippen LogP contribution >= 0.6 is 0 Å². The maximum atomic E-state index is 14.4. The van der Waals surface area contributed by atoms with Crippen LogP contribution in [0.25, 0.3) is 0 Å². The van der Waals surface area contributed by atoms with Crippen molar-refractivity contribution in [2.24, 2.45) is 50.2 Å². The molecule has 0 aliphatic heterocycles. The molecule has 4 fully saturated rings. The second-order valence-corrected chi connectivity index (χ2v) is 18.8. The van der Waals surface area contributed by atoms with Gasteiger partial charge in [-0.1, -0.05) is 60.1 Å². The molecule has 1 amide bonds. The van der Waals surface area contributed by atoms with Crippen molar-refractivity contribution in [3.63, 3.8) is 0 Å². The molecule has 0 radical (unpaired) electrons. The van der Waals surface area contributed by atoms with Crippen molar-refractivity contribution in [2.45, 2.75) is 118 Å². The zero-order chi connectivity index (χ0) is 32.1. The second kappa shape index (κ2) is 9.92. The van der Waals surface area contributed by atoms with Gasteiger partial charge in [-0.25, -0.2) is 13.1 Å². The average molecular weight is 624 g/mol. The number of hydrogen-bond acceptors (Lipinski definition) is 5. The van der Waals surface area contributed by atoms with Crippen molar-refractivity contribution in [3.05, 3.63) is 35.9 Å². The third kappa shape index (κ3) is 4.33. The van der Waals surface area contributed by atoms with Gasteiger partial charge >= 0.3 is 0 Å². The molecule has 44 heavy (non-hydrogen) atoms. The minimum absolute atomic E-state index is 0.00347. The van der Waals surface area contributed by atoms with E-state index in [0.29, 0.717) is 42.6 Å². The van der Waals surface area contributed by atoms with Gasteiger partial charge in [-0.2, -0.15) is 0 Å². The first kappa shape index (κ1) is 31.8. The molecule has 242 valence electrons. The molecule has 4 saturated carbocycles. The lowest BCUT2D eigenvalue weighted by Gasteiger charge is -2.70. The highest BCUT2D eigenvalue weighted by Crippen LogP contribution is 2.75. The SMILES string of the molecule is COc1ccc(S(=O)(=O)NC(=O)[C@]23CCC(C)(C)C[C@H]2C2=CC[C@@H]4[C@@]5(C)CCC(=O)C(C)(C)[C@@H]5CC[C@@]4(C)[C@]2(C)CC3)cc1. The number of carbonyl (C=O) groups is 2. The number of carbonyl (C=O) groups excluding carboxylic acids is 2. The number of methoxy groups -OCH3 is 1. The topological polar surface area (TPSA) is 89.5 Å². The van der Waals surface area contributed by atoms with Gasteiger partial charge in [-0.05, 0) is 121 Å². The molecule has 0 heterocycles. The van der Waals surface area contributed by atoms with E-state index in [1.807, 2.05) is 0 Å². The van der Waals surface area contributed by atoms with Crippen LogP contribution in [0.3, 0.4) is 0 Å². The quantitative estimate of drug-likeness (QED) is 0.345. The van der Waals surface area contributed by atoms with Crippen molar-refractivity contribution in [2.75, 3.05) is 7.11 Å². The van der Waals surface area contributed by atoms with Crippen LogP contribution in [0.1, 0.15) is 113 Å². The number of allylic oxidation sites excluding steroid dienone is 2. The van der Waals surface area contributed by atoms with Crippen LogP contribution in [0.15, 0.2) is 40.8 Å². The molecule has 0 bridgehead atoms. The van der Waals surface area contributed by atoms with E-state index in [2.05, 4.69) is 59.3 Å². The predicted molar refractivity (Wildman–Crippen MR) is 172 cm³/mol. The Morgan fingerprint density at radius 3 is 2.20 bits per heavy atom. The van der Waals surface area contributed by atoms with E-state index < -0.39 is 15.4 Å². The first-order valence-corrected chi connectivity index (χ1v) is 18.3. The third-order valence-electron chi connectivity index (χ3n) is 14.4. The normalized spacial score (nSPS) is 40.8. The molecule has 1 N–H and O–H groups in total. The summed E-state index contributed by atoms with van der Waals surface area (Å²) in [6.45, 7) is 16.4. The van der Waals surface area contributed by atoms with E-state index in [4.69, 9.17) is 4.74 Å². The minimum atomic E-state index is -4.03. The van der Waals surface area contributed by atoms with Crippen molar-refractivity contribution >= 4 is 21.7 Å². The number of Topliss-reactive ketones (excluding diaryl/α,β-unsaturated/α-hetero) is 1. The Hall–Kier alpha value is -2.15. The first-order chi connectivity index (χ1) is 20.4. The smallest absolute Gasteiger partial charge is 0.264 e. The molecule has 7 atom stereocenters. The van der Waals surface area contributed by atoms with Gasteiger partial charge in [-0.15, -0.1) is 0 Å². The second-order valence-electron chi connectivity index (χ2n) is 17.1. The largest absolute Gasteiger partial charge is 0.497 e. The monoisotopic (exact) mass is 623 g/mol. The number of nitrogens with one attached hydrogen (secondary N) is 1. The van der Waals surface area contributed by atoms with E-state index in [1.165, 1.54) is 24.8 Å². The molecule has 0 saturated heterocycles. The summed E-state index contributed by atoms with van der Waals surface area (Å²) in [5.41, 5.74) is 0.508. The number of ether oxygens (including phenoxy) is 1. The van der Waals surface area contributed by atoms with Crippen LogP contribution in [0, 0.1) is 50.2 Å². The Balaban J connectivity index is 1.38. The van der Waals surface area contributed by atoms with Crippen molar-refractivity contribution < 1.29 is 22.7 Å². The van der Waals surface area contributed by atoms with Crippen LogP contribution in [-0.2, 0) is 19.6 Å². The Labute approximate surface area is 265 Å². The molecule has 5 aliphatic rings. The van der Waals surface area contributed by atoms with E-state index in [0.717, 1.165) is 44.9 Å². The average Bonchev–Trinajstić information content (AvgIpc) is 2.95. The van der Waals surface area contributed by atoms with Crippen LogP contribution < -0.4 is 9.46 Å². The fourth-order valence-corrected chi connectivity index (χ4v) is 12.5. The Bertz CT molecular complexity index is 1510. The summed E-state index contributed by atoms with van der Waals surface area (Å²) >= 11 is 0. The minimum Gasteiger partial charge on any atom is -0.497 e. The van der Waals surface area contributed by atoms with E-state index in [9.17, 15) is 18.0 Å². The molecule has 5 aliphatic carbocycles. The number of rotatable bonds is 4. The number of benzene rings is 1. The van der Waals surface area contributed by atoms with Gasteiger partial charge in [0.2, 0.25) is 5.91 Å². The van der Waals surface area contributed by atoms with Gasteiger partial charge in [0.1, 0.15) is 11.5 Å². The summed E-state index contributed by atoms with van der Waals surface area (Å²) in [5, 5.41) is 0. The van der Waals surface area contributed by atoms with Crippen LogP contribution in [0.2, 0.25) is 0 Å². The number of ketones is 1. The molecule has 7 heteroatoms. The maximum Gasteiger partial charge on any atom is 0.264 e. The van der Waals surface area contributed by atoms with Crippen LogP contribution in [-0.4, -0.2) is 27.2 Å². The lowest BCUT2D eigenvalue weighted by atomic mass is 9.33. The van der Waals surface area contributed by atoms with Gasteiger partial charge in [-0.3, -0.25) is 9.59 Å². The van der Waals surface area contributed by atoms with Crippen molar-refractivity contribution in [3.8, 4) is 5.75 Å². The third-order valence-corrected chi connectivity index (χ3v) is 15.8. The molecule has 0 unspecified atom stereocenters. The lowest BCUT2D eigenvalue weighted by Crippen LogP contribution is -2.65. The molecule has 1 aromatic rings. The van der Waals surface area contributed by atoms with Gasteiger partial charge < -0.3 is 4.74 Å². The first-order valence-electron chi connectivity index (χ1n) is 16.8. The Morgan fingerprint density at radius 1 is 0.886 bits per heavy atom. The number of hydrogen-bond donors (Lipinski definition) is 1. The van der Waals surface area contributed by atoms with Gasteiger partial charge in [0, 0.05) is 11.8 Å². The lowest BCUT2D eigenvalue weighted by molar-refractivity contribution is -0.185. The zero-order valence-electron chi connectivity index (χ0n) is 28.1. The fourth-order valence-electron chi connectivity index (χ4n) is 11.5.